The average molecular weight is 237 g/mol. The van der Waals surface area contributed by atoms with Crippen LogP contribution >= 0.6 is 0 Å². The summed E-state index contributed by atoms with van der Waals surface area (Å²) in [4.78, 5) is 25.3. The molecule has 17 heavy (non-hydrogen) atoms. The van der Waals surface area contributed by atoms with Gasteiger partial charge in [0.2, 0.25) is 5.91 Å². The summed E-state index contributed by atoms with van der Waals surface area (Å²) in [6.07, 6.45) is 3.23. The maximum atomic E-state index is 12.3. The van der Waals surface area contributed by atoms with Crippen molar-refractivity contribution in [2.24, 2.45) is 11.8 Å². The molecule has 1 amide bonds. The second kappa shape index (κ2) is 3.10. The van der Waals surface area contributed by atoms with E-state index in [1.807, 2.05) is 19.9 Å². The molecule has 0 aromatic carbocycles. The predicted octanol–water partition coefficient (Wildman–Crippen LogP) is 0.261. The van der Waals surface area contributed by atoms with Crippen molar-refractivity contribution in [1.82, 2.24) is 4.90 Å². The summed E-state index contributed by atoms with van der Waals surface area (Å²) < 4.78 is 5.75. The van der Waals surface area contributed by atoms with E-state index in [4.69, 9.17) is 4.74 Å². The molecule has 0 aliphatic carbocycles. The molecule has 4 atom stereocenters. The highest BCUT2D eigenvalue weighted by Crippen LogP contribution is 2.52. The first kappa shape index (κ1) is 10.8. The number of carbonyl (C=O) groups excluding carboxylic acids is 1. The van der Waals surface area contributed by atoms with E-state index < -0.39 is 29.5 Å². The van der Waals surface area contributed by atoms with Gasteiger partial charge in [-0.25, -0.2) is 0 Å². The fourth-order valence-corrected chi connectivity index (χ4v) is 3.25. The Labute approximate surface area is 99.0 Å². The molecule has 3 rings (SSSR count). The largest absolute Gasteiger partial charge is 0.481 e. The van der Waals surface area contributed by atoms with E-state index in [-0.39, 0.29) is 11.9 Å². The lowest BCUT2D eigenvalue weighted by Gasteiger charge is -2.24. The third-order valence-electron chi connectivity index (χ3n) is 4.04. The Bertz CT molecular complexity index is 430. The van der Waals surface area contributed by atoms with Crippen LogP contribution in [0.4, 0.5) is 0 Å². The van der Waals surface area contributed by atoms with Crippen molar-refractivity contribution >= 4 is 11.9 Å². The summed E-state index contributed by atoms with van der Waals surface area (Å²) in [6, 6.07) is 0.0768. The van der Waals surface area contributed by atoms with E-state index in [0.717, 1.165) is 0 Å². The summed E-state index contributed by atoms with van der Waals surface area (Å²) >= 11 is 0. The minimum atomic E-state index is -0.940. The smallest absolute Gasteiger partial charge is 0.310 e. The Morgan fingerprint density at radius 1 is 1.65 bits per heavy atom. The normalized spacial score (nSPS) is 42.6. The Kier molecular flexibility index (Phi) is 1.96. The Balaban J connectivity index is 2.01. The molecule has 1 N–H and O–H groups in total. The highest BCUT2D eigenvalue weighted by atomic mass is 16.5. The number of hydrogen-bond acceptors (Lipinski definition) is 3. The molecule has 0 saturated carbocycles. The Morgan fingerprint density at radius 3 is 2.94 bits per heavy atom. The summed E-state index contributed by atoms with van der Waals surface area (Å²) in [5.41, 5.74) is -0.685. The molecule has 3 heterocycles. The van der Waals surface area contributed by atoms with Gasteiger partial charge >= 0.3 is 5.97 Å². The molecule has 0 radical (unpaired) electrons. The fraction of sp³-hybridized carbons (Fsp3) is 0.667. The first-order valence-corrected chi connectivity index (χ1v) is 5.87. The second-order valence-electron chi connectivity index (χ2n) is 5.30. The third-order valence-corrected chi connectivity index (χ3v) is 4.04. The maximum Gasteiger partial charge on any atom is 0.310 e. The van der Waals surface area contributed by atoms with Gasteiger partial charge in [0.1, 0.15) is 11.5 Å². The van der Waals surface area contributed by atoms with Crippen LogP contribution in [-0.2, 0) is 14.3 Å². The monoisotopic (exact) mass is 237 g/mol. The zero-order chi connectivity index (χ0) is 12.4. The maximum absolute atomic E-state index is 12.3. The fourth-order valence-electron chi connectivity index (χ4n) is 3.25. The van der Waals surface area contributed by atoms with Gasteiger partial charge in [-0.3, -0.25) is 9.59 Å². The van der Waals surface area contributed by atoms with E-state index in [1.165, 1.54) is 0 Å². The molecule has 5 heteroatoms. The molecular formula is C12H15NO4. The summed E-state index contributed by atoms with van der Waals surface area (Å²) in [7, 11) is 0. The standard InChI is InChI=1S/C12H15NO4/c1-6(2)13-5-12-4-3-7(17-12)8(11(15)16)9(12)10(13)14/h3-4,6-9H,5H2,1-2H3,(H,15,16)/t7-,8+,9-,12-/m0/s1. The number of fused-ring (bicyclic) bond motifs is 1. The number of amides is 1. The van der Waals surface area contributed by atoms with Crippen LogP contribution in [-0.4, -0.2) is 46.2 Å². The van der Waals surface area contributed by atoms with Gasteiger partial charge in [-0.1, -0.05) is 12.2 Å². The van der Waals surface area contributed by atoms with Crippen molar-refractivity contribution in [2.45, 2.75) is 31.6 Å². The Morgan fingerprint density at radius 2 is 2.35 bits per heavy atom. The van der Waals surface area contributed by atoms with Crippen LogP contribution in [0.1, 0.15) is 13.8 Å². The number of carboxylic acid groups (broad SMARTS) is 1. The quantitative estimate of drug-likeness (QED) is 0.700. The van der Waals surface area contributed by atoms with Crippen molar-refractivity contribution in [2.75, 3.05) is 6.54 Å². The zero-order valence-corrected chi connectivity index (χ0v) is 9.79. The molecule has 2 saturated heterocycles. The van der Waals surface area contributed by atoms with Crippen molar-refractivity contribution < 1.29 is 19.4 Å². The van der Waals surface area contributed by atoms with Crippen LogP contribution in [0.25, 0.3) is 0 Å². The minimum Gasteiger partial charge on any atom is -0.481 e. The first-order chi connectivity index (χ1) is 7.96. The summed E-state index contributed by atoms with van der Waals surface area (Å²) in [5, 5.41) is 9.24. The van der Waals surface area contributed by atoms with Gasteiger partial charge in [0.05, 0.1) is 18.6 Å². The zero-order valence-electron chi connectivity index (χ0n) is 9.79. The number of carboxylic acids is 1. The van der Waals surface area contributed by atoms with Crippen LogP contribution in [0.2, 0.25) is 0 Å². The summed E-state index contributed by atoms with van der Waals surface area (Å²) in [6.45, 7) is 4.34. The topological polar surface area (TPSA) is 66.8 Å². The van der Waals surface area contributed by atoms with Crippen molar-refractivity contribution in [1.29, 1.82) is 0 Å². The molecule has 2 fully saturated rings. The van der Waals surface area contributed by atoms with Crippen molar-refractivity contribution in [3.8, 4) is 0 Å². The van der Waals surface area contributed by atoms with Crippen LogP contribution in [0.15, 0.2) is 12.2 Å². The minimum absolute atomic E-state index is 0.0768. The van der Waals surface area contributed by atoms with Crippen LogP contribution in [0, 0.1) is 11.8 Å². The first-order valence-electron chi connectivity index (χ1n) is 5.87. The van der Waals surface area contributed by atoms with Crippen molar-refractivity contribution in [3.63, 3.8) is 0 Å². The molecule has 0 aromatic heterocycles. The lowest BCUT2D eigenvalue weighted by molar-refractivity contribution is -0.148. The van der Waals surface area contributed by atoms with E-state index in [2.05, 4.69) is 0 Å². The van der Waals surface area contributed by atoms with Gasteiger partial charge in [0.25, 0.3) is 0 Å². The van der Waals surface area contributed by atoms with E-state index in [9.17, 15) is 14.7 Å². The van der Waals surface area contributed by atoms with Gasteiger partial charge in [-0.2, -0.15) is 0 Å². The van der Waals surface area contributed by atoms with Gasteiger partial charge < -0.3 is 14.7 Å². The molecule has 3 aliphatic rings. The van der Waals surface area contributed by atoms with Crippen LogP contribution in [0.3, 0.4) is 0 Å². The number of carbonyl (C=O) groups is 2. The molecule has 0 unspecified atom stereocenters. The average Bonchev–Trinajstić information content (AvgIpc) is 2.86. The van der Waals surface area contributed by atoms with E-state index >= 15 is 0 Å². The highest BCUT2D eigenvalue weighted by molar-refractivity contribution is 5.90. The lowest BCUT2D eigenvalue weighted by atomic mass is 9.77. The van der Waals surface area contributed by atoms with Crippen LogP contribution < -0.4 is 0 Å². The summed E-state index contributed by atoms with van der Waals surface area (Å²) in [5.74, 6) is -2.29. The molecular weight excluding hydrogens is 222 g/mol. The van der Waals surface area contributed by atoms with Gasteiger partial charge in [0, 0.05) is 6.04 Å². The Hall–Kier alpha value is -1.36. The molecule has 0 aromatic rings. The number of hydrogen-bond donors (Lipinski definition) is 1. The van der Waals surface area contributed by atoms with E-state index in [1.54, 1.807) is 11.0 Å². The van der Waals surface area contributed by atoms with Gasteiger partial charge in [-0.15, -0.1) is 0 Å². The second-order valence-corrected chi connectivity index (χ2v) is 5.30. The SMILES string of the molecule is CC(C)N1C[C@]23C=C[C@H](O2)[C@@H](C(=O)O)[C@H]3C1=O. The van der Waals surface area contributed by atoms with Gasteiger partial charge in [0.15, 0.2) is 0 Å². The number of aliphatic carboxylic acids is 1. The molecule has 2 bridgehead atoms. The van der Waals surface area contributed by atoms with Crippen LogP contribution in [0.5, 0.6) is 0 Å². The van der Waals surface area contributed by atoms with Gasteiger partial charge in [-0.05, 0) is 13.8 Å². The highest BCUT2D eigenvalue weighted by Gasteiger charge is 2.67. The lowest BCUT2D eigenvalue weighted by Crippen LogP contribution is -2.39. The molecule has 5 nitrogen and oxygen atoms in total. The number of likely N-dealkylation sites (tertiary alicyclic amines) is 1. The molecule has 3 aliphatic heterocycles. The van der Waals surface area contributed by atoms with E-state index in [0.29, 0.717) is 6.54 Å². The predicted molar refractivity (Wildman–Crippen MR) is 58.2 cm³/mol. The third kappa shape index (κ3) is 1.17. The molecule has 92 valence electrons. The number of ether oxygens (including phenoxy) is 1. The van der Waals surface area contributed by atoms with Crippen molar-refractivity contribution in [3.05, 3.63) is 12.2 Å². The molecule has 1 spiro atoms. The number of nitrogens with zero attached hydrogens (tertiary/aromatic N) is 1. The number of rotatable bonds is 2.